The molecule has 3 N–H and O–H groups in total. The van der Waals surface area contributed by atoms with Gasteiger partial charge in [0.1, 0.15) is 5.82 Å². The van der Waals surface area contributed by atoms with Crippen molar-refractivity contribution in [1.82, 2.24) is 9.97 Å². The molecule has 1 aromatic carbocycles. The molecule has 0 saturated carbocycles. The number of nitrogens with zero attached hydrogens (tertiary/aromatic N) is 2. The van der Waals surface area contributed by atoms with Gasteiger partial charge in [-0.05, 0) is 34.7 Å². The maximum atomic E-state index is 11.2. The van der Waals surface area contributed by atoms with Crippen molar-refractivity contribution in [2.75, 3.05) is 5.73 Å². The number of nitrogen functional groups attached to an aromatic ring is 1. The number of rotatable bonds is 3. The summed E-state index contributed by atoms with van der Waals surface area (Å²) in [7, 11) is 0. The topological polar surface area (TPSA) is 89.1 Å². The molecule has 2 rings (SSSR count). The molecule has 1 heterocycles. The molecule has 96 valence electrons. The Morgan fingerprint density at radius 2 is 1.95 bits per heavy atom. The summed E-state index contributed by atoms with van der Waals surface area (Å²) in [4.78, 5) is 19.3. The lowest BCUT2D eigenvalue weighted by molar-refractivity contribution is 0.0690. The van der Waals surface area contributed by atoms with Crippen LogP contribution in [0.5, 0.6) is 0 Å². The lowest BCUT2D eigenvalue weighted by Gasteiger charge is -2.07. The summed E-state index contributed by atoms with van der Waals surface area (Å²) < 4.78 is 1.07. The first-order valence-corrected chi connectivity index (χ1v) is 6.40. The van der Waals surface area contributed by atoms with Crippen LogP contribution < -0.4 is 5.73 Å². The summed E-state index contributed by atoms with van der Waals surface area (Å²) in [6, 6.07) is 7.40. The summed E-state index contributed by atoms with van der Waals surface area (Å²) in [6.07, 6.45) is 1.34. The van der Waals surface area contributed by atoms with E-state index in [2.05, 4.69) is 39.1 Å². The smallest absolute Gasteiger partial charge is 0.355 e. The van der Waals surface area contributed by atoms with E-state index < -0.39 is 5.97 Å². The van der Waals surface area contributed by atoms with Crippen LogP contribution in [0, 0.1) is 3.57 Å². The van der Waals surface area contributed by atoms with Gasteiger partial charge in [-0.1, -0.05) is 24.8 Å². The van der Waals surface area contributed by atoms with E-state index in [1.165, 1.54) is 6.08 Å². The monoisotopic (exact) mass is 367 g/mol. The van der Waals surface area contributed by atoms with E-state index in [-0.39, 0.29) is 22.9 Å². The molecule has 19 heavy (non-hydrogen) atoms. The van der Waals surface area contributed by atoms with Crippen LogP contribution in [0.15, 0.2) is 30.8 Å². The highest BCUT2D eigenvalue weighted by Gasteiger charge is 2.16. The first-order chi connectivity index (χ1) is 9.02. The molecule has 0 radical (unpaired) electrons. The summed E-state index contributed by atoms with van der Waals surface area (Å²) in [5.41, 5.74) is 6.56. The molecule has 0 fully saturated rings. The number of aromatic nitrogens is 2. The van der Waals surface area contributed by atoms with Crippen molar-refractivity contribution < 1.29 is 9.90 Å². The van der Waals surface area contributed by atoms with Crippen LogP contribution in [0.2, 0.25) is 0 Å². The van der Waals surface area contributed by atoms with Crippen LogP contribution in [0.3, 0.4) is 0 Å². The highest BCUT2D eigenvalue weighted by Crippen LogP contribution is 2.22. The zero-order valence-corrected chi connectivity index (χ0v) is 12.0. The molecule has 0 aliphatic carbocycles. The molecular weight excluding hydrogens is 357 g/mol. The van der Waals surface area contributed by atoms with Crippen LogP contribution >= 0.6 is 22.6 Å². The predicted octanol–water partition coefficient (Wildman–Crippen LogP) is 2.67. The molecule has 0 atom stereocenters. The van der Waals surface area contributed by atoms with Crippen LogP contribution in [0.1, 0.15) is 16.1 Å². The molecule has 0 aliphatic heterocycles. The van der Waals surface area contributed by atoms with Gasteiger partial charge in [0.05, 0.1) is 0 Å². The minimum absolute atomic E-state index is 0.107. The number of aromatic carboxylic acids is 1. The van der Waals surface area contributed by atoms with Gasteiger partial charge in [0, 0.05) is 14.7 Å². The van der Waals surface area contributed by atoms with E-state index >= 15 is 0 Å². The van der Waals surface area contributed by atoms with Crippen molar-refractivity contribution in [1.29, 1.82) is 0 Å². The van der Waals surface area contributed by atoms with Crippen LogP contribution in [0.25, 0.3) is 17.5 Å². The normalized spacial score (nSPS) is 10.2. The number of carboxylic acids is 1. The lowest BCUT2D eigenvalue weighted by atomic mass is 10.1. The Balaban J connectivity index is 2.63. The fraction of sp³-hybridized carbons (Fsp3) is 0. The van der Waals surface area contributed by atoms with Crippen molar-refractivity contribution in [3.05, 3.63) is 45.7 Å². The fourth-order valence-electron chi connectivity index (χ4n) is 1.58. The maximum absolute atomic E-state index is 11.2. The van der Waals surface area contributed by atoms with Gasteiger partial charge in [-0.25, -0.2) is 14.8 Å². The van der Waals surface area contributed by atoms with Gasteiger partial charge < -0.3 is 10.8 Å². The summed E-state index contributed by atoms with van der Waals surface area (Å²) >= 11 is 2.18. The predicted molar refractivity (Wildman–Crippen MR) is 81.6 cm³/mol. The van der Waals surface area contributed by atoms with Gasteiger partial charge in [-0.3, -0.25) is 0 Å². The highest BCUT2D eigenvalue weighted by atomic mass is 127. The third-order valence-electron chi connectivity index (χ3n) is 2.48. The van der Waals surface area contributed by atoms with Crippen molar-refractivity contribution >= 4 is 40.5 Å². The van der Waals surface area contributed by atoms with Crippen molar-refractivity contribution in [2.45, 2.75) is 0 Å². The number of carbonyl (C=O) groups is 1. The summed E-state index contributed by atoms with van der Waals surface area (Å²) in [5, 5.41) is 9.14. The average Bonchev–Trinajstić information content (AvgIpc) is 2.38. The van der Waals surface area contributed by atoms with E-state index in [0.717, 1.165) is 3.57 Å². The Kier molecular flexibility index (Phi) is 3.79. The fourth-order valence-corrected chi connectivity index (χ4v) is 1.94. The van der Waals surface area contributed by atoms with Gasteiger partial charge in [-0.15, -0.1) is 0 Å². The molecule has 0 bridgehead atoms. The maximum Gasteiger partial charge on any atom is 0.355 e. The molecule has 0 spiro atoms. The Morgan fingerprint density at radius 3 is 2.47 bits per heavy atom. The van der Waals surface area contributed by atoms with E-state index in [1.54, 1.807) is 0 Å². The van der Waals surface area contributed by atoms with Gasteiger partial charge in [-0.2, -0.15) is 0 Å². The standard InChI is InChI=1S/C13H10IN3O2/c1-2-9-10(13(18)19)16-12(17-11(9)15)7-3-5-8(14)6-4-7/h2-6H,1H2,(H,18,19)(H2,15,16,17). The summed E-state index contributed by atoms with van der Waals surface area (Å²) in [5.74, 6) is -0.761. The molecule has 0 saturated heterocycles. The Bertz CT molecular complexity index is 654. The second-order valence-electron chi connectivity index (χ2n) is 3.71. The second-order valence-corrected chi connectivity index (χ2v) is 4.96. The average molecular weight is 367 g/mol. The number of halogens is 1. The number of hydrogen-bond donors (Lipinski definition) is 2. The lowest BCUT2D eigenvalue weighted by Crippen LogP contribution is -2.09. The van der Waals surface area contributed by atoms with Crippen molar-refractivity contribution in [3.8, 4) is 11.4 Å². The highest BCUT2D eigenvalue weighted by molar-refractivity contribution is 14.1. The second kappa shape index (κ2) is 5.35. The van der Waals surface area contributed by atoms with Gasteiger partial charge >= 0.3 is 5.97 Å². The largest absolute Gasteiger partial charge is 0.476 e. The van der Waals surface area contributed by atoms with Crippen LogP contribution in [0.4, 0.5) is 5.82 Å². The molecule has 1 aromatic heterocycles. The number of nitrogens with two attached hydrogens (primary N) is 1. The number of carboxylic acid groups (broad SMARTS) is 1. The first-order valence-electron chi connectivity index (χ1n) is 5.32. The van der Waals surface area contributed by atoms with Crippen molar-refractivity contribution in [2.24, 2.45) is 0 Å². The summed E-state index contributed by atoms with van der Waals surface area (Å²) in [6.45, 7) is 3.52. The molecule has 5 nitrogen and oxygen atoms in total. The third-order valence-corrected chi connectivity index (χ3v) is 3.20. The zero-order valence-electron chi connectivity index (χ0n) is 9.80. The molecule has 2 aromatic rings. The zero-order chi connectivity index (χ0) is 14.0. The number of anilines is 1. The van der Waals surface area contributed by atoms with E-state index in [0.29, 0.717) is 5.56 Å². The molecule has 0 unspecified atom stereocenters. The van der Waals surface area contributed by atoms with Gasteiger partial charge in [0.25, 0.3) is 0 Å². The van der Waals surface area contributed by atoms with Gasteiger partial charge in [0.2, 0.25) is 0 Å². The molecule has 0 aliphatic rings. The molecule has 0 amide bonds. The molecule has 6 heteroatoms. The minimum atomic E-state index is -1.16. The van der Waals surface area contributed by atoms with E-state index in [4.69, 9.17) is 10.8 Å². The minimum Gasteiger partial charge on any atom is -0.476 e. The molecular formula is C13H10IN3O2. The Morgan fingerprint density at radius 1 is 1.32 bits per heavy atom. The van der Waals surface area contributed by atoms with Crippen LogP contribution in [-0.2, 0) is 0 Å². The first kappa shape index (κ1) is 13.5. The van der Waals surface area contributed by atoms with E-state index in [9.17, 15) is 4.79 Å². The quantitative estimate of drug-likeness (QED) is 0.815. The number of benzene rings is 1. The SMILES string of the molecule is C=Cc1c(N)nc(-c2ccc(I)cc2)nc1C(=O)O. The number of hydrogen-bond acceptors (Lipinski definition) is 4. The third kappa shape index (κ3) is 2.73. The van der Waals surface area contributed by atoms with Crippen molar-refractivity contribution in [3.63, 3.8) is 0 Å². The Hall–Kier alpha value is -1.96. The Labute approximate surface area is 123 Å². The van der Waals surface area contributed by atoms with Crippen LogP contribution in [-0.4, -0.2) is 21.0 Å². The van der Waals surface area contributed by atoms with Gasteiger partial charge in [0.15, 0.2) is 11.5 Å². The van der Waals surface area contributed by atoms with E-state index in [1.807, 2.05) is 24.3 Å².